The van der Waals surface area contributed by atoms with Gasteiger partial charge in [0.05, 0.1) is 5.41 Å². The van der Waals surface area contributed by atoms with Gasteiger partial charge in [0.2, 0.25) is 12.7 Å². The van der Waals surface area contributed by atoms with E-state index in [0.29, 0.717) is 11.8 Å². The molecule has 0 aliphatic carbocycles. The van der Waals surface area contributed by atoms with Gasteiger partial charge in [0, 0.05) is 11.3 Å². The molecule has 1 saturated heterocycles. The minimum Gasteiger partial charge on any atom is -0.427 e. The highest BCUT2D eigenvalue weighted by Crippen LogP contribution is 2.39. The predicted molar refractivity (Wildman–Crippen MR) is 95.0 cm³/mol. The van der Waals surface area contributed by atoms with Crippen molar-refractivity contribution in [2.24, 2.45) is 16.3 Å². The molecule has 28 heavy (non-hydrogen) atoms. The summed E-state index contributed by atoms with van der Waals surface area (Å²) in [5.74, 6) is -1.70. The van der Waals surface area contributed by atoms with Gasteiger partial charge in [0.1, 0.15) is 29.9 Å². The number of esters is 2. The van der Waals surface area contributed by atoms with E-state index >= 15 is 0 Å². The zero-order chi connectivity index (χ0) is 21.1. The van der Waals surface area contributed by atoms with Crippen LogP contribution >= 0.6 is 11.8 Å². The Kier molecular flexibility index (Phi) is 6.99. The van der Waals surface area contributed by atoms with Crippen LogP contribution in [-0.2, 0) is 28.7 Å². The Hall–Kier alpha value is -2.21. The van der Waals surface area contributed by atoms with Crippen molar-refractivity contribution in [2.45, 2.75) is 38.6 Å². The molecule has 2 N–H and O–H groups in total. The van der Waals surface area contributed by atoms with Gasteiger partial charge in [-0.25, -0.2) is 13.6 Å². The zero-order valence-electron chi connectivity index (χ0n) is 15.5. The Labute approximate surface area is 164 Å². The van der Waals surface area contributed by atoms with E-state index in [4.69, 9.17) is 20.0 Å². The molecule has 0 unspecified atom stereocenters. The summed E-state index contributed by atoms with van der Waals surface area (Å²) in [6.07, 6.45) is -2.48. The first-order chi connectivity index (χ1) is 13.0. The van der Waals surface area contributed by atoms with Crippen molar-refractivity contribution in [3.63, 3.8) is 0 Å². The summed E-state index contributed by atoms with van der Waals surface area (Å²) < 4.78 is 34.0. The van der Waals surface area contributed by atoms with E-state index in [1.54, 1.807) is 20.8 Å². The molecule has 0 aromatic carbocycles. The van der Waals surface area contributed by atoms with Gasteiger partial charge in [-0.1, -0.05) is 5.16 Å². The Morgan fingerprint density at radius 1 is 1.39 bits per heavy atom. The zero-order valence-corrected chi connectivity index (χ0v) is 16.3. The Balaban J connectivity index is 2.09. The summed E-state index contributed by atoms with van der Waals surface area (Å²) in [6, 6.07) is -0.758. The van der Waals surface area contributed by atoms with E-state index in [1.807, 2.05) is 0 Å². The number of hydrogen-bond acceptors (Lipinski definition) is 9. The van der Waals surface area contributed by atoms with Crippen LogP contribution in [-0.4, -0.2) is 66.0 Å². The first-order valence-electron chi connectivity index (χ1n) is 8.24. The first kappa shape index (κ1) is 22.1. The number of hydrogen-bond donors (Lipinski definition) is 1. The highest BCUT2D eigenvalue weighted by Gasteiger charge is 2.52. The van der Waals surface area contributed by atoms with Gasteiger partial charge in [-0.15, -0.1) is 11.8 Å². The molecule has 0 bridgehead atoms. The lowest BCUT2D eigenvalue weighted by Crippen LogP contribution is -2.68. The number of carbonyl (C=O) groups excluding carboxylic acids is 3. The summed E-state index contributed by atoms with van der Waals surface area (Å²) in [5, 5.41) is 2.66. The molecule has 12 heteroatoms. The second-order valence-electron chi connectivity index (χ2n) is 6.98. The SMILES string of the molecule is CC(C)(C)C(=O)OCOC(=O)C1=C(CON=CC(F)F)CS[C@@H]2[C@H](N)C(=O)N12. The highest BCUT2D eigenvalue weighted by molar-refractivity contribution is 8.00. The predicted octanol–water partition coefficient (Wildman–Crippen LogP) is 0.840. The number of nitrogens with two attached hydrogens (primary N) is 1. The fraction of sp³-hybridized carbons (Fsp3) is 0.625. The molecule has 0 radical (unpaired) electrons. The second-order valence-corrected chi connectivity index (χ2v) is 8.09. The normalized spacial score (nSPS) is 22.2. The minimum atomic E-state index is -2.78. The van der Waals surface area contributed by atoms with E-state index in [9.17, 15) is 23.2 Å². The van der Waals surface area contributed by atoms with Gasteiger partial charge in [-0.3, -0.25) is 14.5 Å². The first-order valence-corrected chi connectivity index (χ1v) is 9.29. The van der Waals surface area contributed by atoms with Crippen LogP contribution in [0.2, 0.25) is 0 Å². The molecule has 0 spiro atoms. The van der Waals surface area contributed by atoms with Crippen LogP contribution in [0.4, 0.5) is 8.78 Å². The van der Waals surface area contributed by atoms with Crippen LogP contribution in [0.15, 0.2) is 16.4 Å². The van der Waals surface area contributed by atoms with E-state index in [1.165, 1.54) is 16.7 Å². The standard InChI is InChI=1S/C16H21F2N3O6S/c1-16(2,3)15(24)26-7-25-14(23)11-8(5-27-20-4-9(17)18)6-28-13-10(19)12(22)21(11)13/h4,9-10,13H,5-7,19H2,1-3H3/t10-,13-/m1/s1. The molecule has 1 fully saturated rings. The number of β-lactam (4-membered cyclic amide) rings is 1. The second kappa shape index (κ2) is 8.86. The fourth-order valence-corrected chi connectivity index (χ4v) is 3.58. The molecule has 0 aromatic heterocycles. The largest absolute Gasteiger partial charge is 0.427 e. The van der Waals surface area contributed by atoms with Crippen molar-refractivity contribution < 1.29 is 37.5 Å². The fourth-order valence-electron chi connectivity index (χ4n) is 2.31. The quantitative estimate of drug-likeness (QED) is 0.211. The Morgan fingerprint density at radius 2 is 2.07 bits per heavy atom. The average Bonchev–Trinajstić information content (AvgIpc) is 2.62. The number of ether oxygens (including phenoxy) is 2. The molecule has 0 aromatic rings. The third-order valence-electron chi connectivity index (χ3n) is 3.76. The molecule has 0 saturated carbocycles. The van der Waals surface area contributed by atoms with E-state index in [0.717, 1.165) is 0 Å². The monoisotopic (exact) mass is 421 g/mol. The van der Waals surface area contributed by atoms with E-state index < -0.39 is 47.9 Å². The van der Waals surface area contributed by atoms with Crippen molar-refractivity contribution in [1.82, 2.24) is 4.90 Å². The molecular formula is C16H21F2N3O6S. The summed E-state index contributed by atoms with van der Waals surface area (Å²) >= 11 is 1.30. The number of rotatable bonds is 7. The van der Waals surface area contributed by atoms with Gasteiger partial charge in [0.25, 0.3) is 6.43 Å². The van der Waals surface area contributed by atoms with Crippen LogP contribution in [0, 0.1) is 5.41 Å². The summed E-state index contributed by atoms with van der Waals surface area (Å²) in [6.45, 7) is 3.98. The van der Waals surface area contributed by atoms with Crippen molar-refractivity contribution in [2.75, 3.05) is 19.2 Å². The molecule has 2 rings (SSSR count). The van der Waals surface area contributed by atoms with Crippen LogP contribution in [0.1, 0.15) is 20.8 Å². The van der Waals surface area contributed by atoms with Gasteiger partial charge < -0.3 is 20.0 Å². The van der Waals surface area contributed by atoms with Gasteiger partial charge in [-0.2, -0.15) is 0 Å². The number of alkyl halides is 2. The number of oxime groups is 1. The molecule has 2 aliphatic heterocycles. The lowest BCUT2D eigenvalue weighted by molar-refractivity contribution is -0.173. The maximum Gasteiger partial charge on any atom is 0.358 e. The number of carbonyl (C=O) groups is 3. The third-order valence-corrected chi connectivity index (χ3v) is 5.12. The number of amides is 1. The lowest BCUT2D eigenvalue weighted by Gasteiger charge is -2.48. The van der Waals surface area contributed by atoms with Gasteiger partial charge in [-0.05, 0) is 20.8 Å². The molecule has 9 nitrogen and oxygen atoms in total. The topological polar surface area (TPSA) is 121 Å². The molecule has 1 amide bonds. The molecule has 156 valence electrons. The van der Waals surface area contributed by atoms with Crippen LogP contribution < -0.4 is 5.73 Å². The molecular weight excluding hydrogens is 400 g/mol. The molecule has 2 aliphatic rings. The highest BCUT2D eigenvalue weighted by atomic mass is 32.2. The summed E-state index contributed by atoms with van der Waals surface area (Å²) in [7, 11) is 0. The lowest BCUT2D eigenvalue weighted by atomic mass is 9.98. The van der Waals surface area contributed by atoms with Gasteiger partial charge in [0.15, 0.2) is 0 Å². The number of fused-ring (bicyclic) bond motifs is 1. The smallest absolute Gasteiger partial charge is 0.358 e. The summed E-state index contributed by atoms with van der Waals surface area (Å²) in [4.78, 5) is 42.3. The van der Waals surface area contributed by atoms with Crippen molar-refractivity contribution >= 4 is 35.8 Å². The number of thioether (sulfide) groups is 1. The van der Waals surface area contributed by atoms with Gasteiger partial charge >= 0.3 is 11.9 Å². The van der Waals surface area contributed by atoms with Crippen molar-refractivity contribution in [3.8, 4) is 0 Å². The third kappa shape index (κ3) is 4.98. The van der Waals surface area contributed by atoms with Crippen LogP contribution in [0.25, 0.3) is 0 Å². The van der Waals surface area contributed by atoms with Crippen molar-refractivity contribution in [3.05, 3.63) is 11.3 Å². The summed E-state index contributed by atoms with van der Waals surface area (Å²) in [5.41, 5.74) is 5.17. The number of nitrogens with zero attached hydrogens (tertiary/aromatic N) is 2. The Bertz CT molecular complexity index is 707. The number of halogens is 2. The average molecular weight is 421 g/mol. The van der Waals surface area contributed by atoms with E-state index in [2.05, 4.69) is 5.16 Å². The molecule has 2 atom stereocenters. The molecule has 2 heterocycles. The van der Waals surface area contributed by atoms with E-state index in [-0.39, 0.29) is 18.1 Å². The maximum absolute atomic E-state index is 12.5. The van der Waals surface area contributed by atoms with Crippen LogP contribution in [0.3, 0.4) is 0 Å². The van der Waals surface area contributed by atoms with Crippen molar-refractivity contribution in [1.29, 1.82) is 0 Å². The maximum atomic E-state index is 12.5. The minimum absolute atomic E-state index is 0.102. The Morgan fingerprint density at radius 3 is 2.68 bits per heavy atom. The van der Waals surface area contributed by atoms with Crippen LogP contribution in [0.5, 0.6) is 0 Å².